The van der Waals surface area contributed by atoms with Gasteiger partial charge in [0.1, 0.15) is 0 Å². The second-order valence-corrected chi connectivity index (χ2v) is 10.7. The molecule has 0 spiro atoms. The zero-order valence-corrected chi connectivity index (χ0v) is 11.8. The molecular weight excluding hydrogens is 241 g/mol. The van der Waals surface area contributed by atoms with Crippen molar-refractivity contribution < 1.29 is 9.79 Å². The first-order chi connectivity index (χ1) is 5.02. The SMILES string of the molecule is CCCS(CCC)=P(O)(O)S.N.N.N. The molecule has 0 saturated carbocycles. The monoisotopic (exact) mass is 267 g/mol. The number of hydrogen-bond acceptors (Lipinski definition) is 3. The average Bonchev–Trinajstić information content (AvgIpc) is 1.85. The molecule has 0 bridgehead atoms. The molecule has 0 aromatic rings. The summed E-state index contributed by atoms with van der Waals surface area (Å²) in [4.78, 5) is 18.6. The summed E-state index contributed by atoms with van der Waals surface area (Å²) in [6.07, 6.45) is 2.01. The maximum Gasteiger partial charge on any atom is 0.198 e. The van der Waals surface area contributed by atoms with Crippen LogP contribution in [0.3, 0.4) is 0 Å². The van der Waals surface area contributed by atoms with Crippen LogP contribution in [-0.4, -0.2) is 21.3 Å². The molecule has 5 nitrogen and oxygen atoms in total. The highest BCUT2D eigenvalue weighted by atomic mass is 32.9. The van der Waals surface area contributed by atoms with Crippen molar-refractivity contribution in [1.29, 1.82) is 0 Å². The van der Waals surface area contributed by atoms with Crippen molar-refractivity contribution in [2.24, 2.45) is 0 Å². The van der Waals surface area contributed by atoms with E-state index in [0.29, 0.717) is 0 Å². The lowest BCUT2D eigenvalue weighted by Crippen LogP contribution is -2.01. The molecule has 0 aromatic carbocycles. The van der Waals surface area contributed by atoms with Crippen LogP contribution in [0.1, 0.15) is 26.7 Å². The Kier molecular flexibility index (Phi) is 20.8. The molecule has 0 aliphatic carbocycles. The zero-order valence-electron chi connectivity index (χ0n) is 9.15. The minimum Gasteiger partial charge on any atom is -0.344 e. The van der Waals surface area contributed by atoms with Crippen LogP contribution < -0.4 is 18.5 Å². The Balaban J connectivity index is -0.000000167. The van der Waals surface area contributed by atoms with E-state index >= 15 is 0 Å². The third-order valence-corrected chi connectivity index (χ3v) is 8.93. The lowest BCUT2D eigenvalue weighted by Gasteiger charge is -2.14. The molecule has 11 N–H and O–H groups in total. The van der Waals surface area contributed by atoms with Crippen molar-refractivity contribution in [3.63, 3.8) is 0 Å². The van der Waals surface area contributed by atoms with E-state index in [0.717, 1.165) is 24.3 Å². The van der Waals surface area contributed by atoms with Gasteiger partial charge in [-0.2, -0.15) is 0 Å². The van der Waals surface area contributed by atoms with Gasteiger partial charge in [0.15, 0.2) is 5.69 Å². The van der Waals surface area contributed by atoms with Gasteiger partial charge < -0.3 is 28.2 Å². The summed E-state index contributed by atoms with van der Waals surface area (Å²) in [6, 6.07) is 0. The average molecular weight is 267 g/mol. The third-order valence-electron chi connectivity index (χ3n) is 1.23. The van der Waals surface area contributed by atoms with Crippen molar-refractivity contribution in [2.75, 3.05) is 11.5 Å². The van der Waals surface area contributed by atoms with Crippen molar-refractivity contribution in [1.82, 2.24) is 18.5 Å². The molecule has 0 aromatic heterocycles. The summed E-state index contributed by atoms with van der Waals surface area (Å²) in [5, 5.41) is 0. The van der Waals surface area contributed by atoms with Gasteiger partial charge in [-0.05, 0) is 24.3 Å². The summed E-state index contributed by atoms with van der Waals surface area (Å²) >= 11 is 3.85. The molecule has 0 fully saturated rings. The smallest absolute Gasteiger partial charge is 0.198 e. The van der Waals surface area contributed by atoms with Gasteiger partial charge >= 0.3 is 0 Å². The number of thiol groups is 1. The molecule has 94 valence electrons. The predicted molar refractivity (Wildman–Crippen MR) is 73.1 cm³/mol. The fourth-order valence-corrected chi connectivity index (χ4v) is 6.49. The van der Waals surface area contributed by atoms with E-state index in [-0.39, 0.29) is 28.5 Å². The minimum atomic E-state index is -2.84. The largest absolute Gasteiger partial charge is 0.344 e. The number of rotatable bonds is 4. The van der Waals surface area contributed by atoms with Crippen molar-refractivity contribution in [2.45, 2.75) is 26.7 Å². The van der Waals surface area contributed by atoms with E-state index in [1.165, 1.54) is 0 Å². The van der Waals surface area contributed by atoms with Gasteiger partial charge in [-0.15, -0.1) is 10.1 Å². The normalized spacial score (nSPS) is 9.86. The molecule has 0 radical (unpaired) electrons. The van der Waals surface area contributed by atoms with Gasteiger partial charge in [-0.1, -0.05) is 26.1 Å². The van der Waals surface area contributed by atoms with E-state index < -0.39 is 5.69 Å². The fraction of sp³-hybridized carbons (Fsp3) is 1.00. The molecule has 0 rings (SSSR count). The Morgan fingerprint density at radius 3 is 1.43 bits per heavy atom. The molecule has 0 saturated heterocycles. The summed E-state index contributed by atoms with van der Waals surface area (Å²) in [5.74, 6) is 1.80. The third kappa shape index (κ3) is 11.0. The van der Waals surface area contributed by atoms with Crippen LogP contribution in [0, 0.1) is 0 Å². The van der Waals surface area contributed by atoms with Crippen molar-refractivity contribution in [3.8, 4) is 0 Å². The van der Waals surface area contributed by atoms with E-state index in [2.05, 4.69) is 26.1 Å². The van der Waals surface area contributed by atoms with Gasteiger partial charge in [0, 0.05) is 0 Å². The van der Waals surface area contributed by atoms with Crippen LogP contribution in [0.25, 0.3) is 0 Å². The van der Waals surface area contributed by atoms with Crippen molar-refractivity contribution >= 4 is 28.0 Å². The highest BCUT2D eigenvalue weighted by Crippen LogP contribution is 2.47. The first-order valence-corrected chi connectivity index (χ1v) is 8.79. The molecule has 0 aliphatic rings. The Morgan fingerprint density at radius 2 is 1.29 bits per heavy atom. The molecular formula is C6H26N3O2PS2. The standard InChI is InChI=1S/C6H17O2PS2.3H3N/c1-3-5-11(6-4-2)9(7,8)10;;;/h7-8,10H,3-6H2,1-2H3;3*1H3. The van der Waals surface area contributed by atoms with Gasteiger partial charge in [-0.3, -0.25) is 0 Å². The van der Waals surface area contributed by atoms with Crippen LogP contribution in [0.4, 0.5) is 0 Å². The Hall–Kier alpha value is 0.930. The highest BCUT2D eigenvalue weighted by Gasteiger charge is 2.08. The fourth-order valence-electron chi connectivity index (χ4n) is 0.818. The minimum absolute atomic E-state index is 0. The second-order valence-electron chi connectivity index (χ2n) is 2.38. The molecule has 0 atom stereocenters. The second kappa shape index (κ2) is 12.0. The van der Waals surface area contributed by atoms with E-state index in [1.807, 2.05) is 0 Å². The molecule has 0 heterocycles. The van der Waals surface area contributed by atoms with E-state index in [1.54, 1.807) is 0 Å². The quantitative estimate of drug-likeness (QED) is 0.342. The van der Waals surface area contributed by atoms with Crippen LogP contribution in [0.2, 0.25) is 0 Å². The molecule has 0 unspecified atom stereocenters. The van der Waals surface area contributed by atoms with Gasteiger partial charge in [-0.25, -0.2) is 0 Å². The van der Waals surface area contributed by atoms with Gasteiger partial charge in [0.25, 0.3) is 0 Å². The van der Waals surface area contributed by atoms with Crippen LogP contribution in [0.15, 0.2) is 0 Å². The van der Waals surface area contributed by atoms with E-state index in [9.17, 15) is 9.79 Å². The van der Waals surface area contributed by atoms with Crippen LogP contribution >= 0.6 is 17.9 Å². The van der Waals surface area contributed by atoms with E-state index in [4.69, 9.17) is 0 Å². The summed E-state index contributed by atoms with van der Waals surface area (Å²) in [7, 11) is -0.255. The highest BCUT2D eigenvalue weighted by molar-refractivity contribution is 8.65. The lowest BCUT2D eigenvalue weighted by atomic mass is 10.6. The zero-order chi connectivity index (χ0) is 8.91. The Bertz CT molecular complexity index is 158. The Morgan fingerprint density at radius 1 is 1.00 bits per heavy atom. The van der Waals surface area contributed by atoms with Crippen molar-refractivity contribution in [3.05, 3.63) is 0 Å². The number of hydrogen-bond donors (Lipinski definition) is 6. The first-order valence-electron chi connectivity index (χ1n) is 3.77. The maximum atomic E-state index is 9.28. The lowest BCUT2D eigenvalue weighted by molar-refractivity contribution is 0.502. The molecule has 8 heteroatoms. The Labute approximate surface area is 94.7 Å². The summed E-state index contributed by atoms with van der Waals surface area (Å²) < 4.78 is 0. The first kappa shape index (κ1) is 24.3. The molecule has 0 amide bonds. The van der Waals surface area contributed by atoms with Gasteiger partial charge in [0.05, 0.1) is 0 Å². The molecule has 0 aliphatic heterocycles. The van der Waals surface area contributed by atoms with Crippen LogP contribution in [-0.2, 0) is 10.1 Å². The van der Waals surface area contributed by atoms with Gasteiger partial charge in [0.2, 0.25) is 0 Å². The maximum absolute atomic E-state index is 9.28. The van der Waals surface area contributed by atoms with Crippen LogP contribution in [0.5, 0.6) is 0 Å². The summed E-state index contributed by atoms with van der Waals surface area (Å²) in [5.41, 5.74) is -2.84. The predicted octanol–water partition coefficient (Wildman–Crippen LogP) is 2.50. The topological polar surface area (TPSA) is 145 Å². The summed E-state index contributed by atoms with van der Waals surface area (Å²) in [6.45, 7) is 4.11. The molecule has 14 heavy (non-hydrogen) atoms.